The molecule has 0 saturated carbocycles. The van der Waals surface area contributed by atoms with Crippen molar-refractivity contribution in [3.8, 4) is 0 Å². The van der Waals surface area contributed by atoms with Crippen LogP contribution >= 0.6 is 24.0 Å². The third-order valence-electron chi connectivity index (χ3n) is 5.02. The van der Waals surface area contributed by atoms with Crippen molar-refractivity contribution < 1.29 is 0 Å². The molecule has 0 radical (unpaired) electrons. The van der Waals surface area contributed by atoms with Crippen LogP contribution in [0.3, 0.4) is 0 Å². The van der Waals surface area contributed by atoms with E-state index in [9.17, 15) is 0 Å². The molecule has 0 bridgehead atoms. The molecule has 1 aliphatic heterocycles. The zero-order valence-corrected chi connectivity index (χ0v) is 17.1. The fourth-order valence-electron chi connectivity index (χ4n) is 3.66. The third-order valence-corrected chi connectivity index (χ3v) is 5.02. The number of likely N-dealkylation sites (tertiary alicyclic amines) is 1. The van der Waals surface area contributed by atoms with Gasteiger partial charge in [0.2, 0.25) is 0 Å². The summed E-state index contributed by atoms with van der Waals surface area (Å²) in [5.41, 5.74) is 4.43. The summed E-state index contributed by atoms with van der Waals surface area (Å²) in [6, 6.07) is 6.90. The number of guanidine groups is 1. The fraction of sp³-hybridized carbons (Fsp3) is 0.632. The minimum absolute atomic E-state index is 0. The Kier molecular flexibility index (Phi) is 8.32. The lowest BCUT2D eigenvalue weighted by Gasteiger charge is -2.26. The van der Waals surface area contributed by atoms with E-state index in [0.29, 0.717) is 0 Å². The molecule has 1 saturated heterocycles. The quantitative estimate of drug-likeness (QED) is 0.419. The zero-order chi connectivity index (χ0) is 15.9. The number of piperidine rings is 1. The average molecular weight is 442 g/mol. The maximum absolute atomic E-state index is 4.33. The van der Waals surface area contributed by atoms with Gasteiger partial charge in [-0.05, 0) is 61.9 Å². The van der Waals surface area contributed by atoms with Crippen molar-refractivity contribution in [1.29, 1.82) is 0 Å². The summed E-state index contributed by atoms with van der Waals surface area (Å²) in [6.07, 6.45) is 7.91. The summed E-state index contributed by atoms with van der Waals surface area (Å²) in [5, 5.41) is 6.87. The monoisotopic (exact) mass is 442 g/mol. The van der Waals surface area contributed by atoms with Crippen LogP contribution in [0.2, 0.25) is 0 Å². The molecule has 1 aliphatic carbocycles. The van der Waals surface area contributed by atoms with Gasteiger partial charge in [0, 0.05) is 26.7 Å². The SMILES string of the molecule is CN=C(NCCN1CCCCC1)NCc1ccc2c(c1)CCC2.I. The Hall–Kier alpha value is -0.820. The highest BCUT2D eigenvalue weighted by atomic mass is 127. The van der Waals surface area contributed by atoms with Gasteiger partial charge in [0.15, 0.2) is 5.96 Å². The van der Waals surface area contributed by atoms with Gasteiger partial charge in [0.05, 0.1) is 0 Å². The van der Waals surface area contributed by atoms with Gasteiger partial charge in [-0.15, -0.1) is 24.0 Å². The first-order chi connectivity index (χ1) is 11.3. The molecule has 0 spiro atoms. The minimum atomic E-state index is 0. The Morgan fingerprint density at radius 1 is 1.04 bits per heavy atom. The first-order valence-electron chi connectivity index (χ1n) is 9.13. The number of aliphatic imine (C=N–C) groups is 1. The predicted molar refractivity (Wildman–Crippen MR) is 112 cm³/mol. The number of hydrogen-bond donors (Lipinski definition) is 2. The molecular formula is C19H31IN4. The first kappa shape index (κ1) is 19.5. The fourth-order valence-corrected chi connectivity index (χ4v) is 3.66. The van der Waals surface area contributed by atoms with Crippen LogP contribution in [0.4, 0.5) is 0 Å². The molecule has 1 aromatic rings. The Balaban J connectivity index is 0.00000208. The van der Waals surface area contributed by atoms with E-state index < -0.39 is 0 Å². The molecule has 0 aromatic heterocycles. The number of benzene rings is 1. The van der Waals surface area contributed by atoms with Crippen LogP contribution in [0.1, 0.15) is 42.4 Å². The van der Waals surface area contributed by atoms with Crippen molar-refractivity contribution in [3.05, 3.63) is 34.9 Å². The van der Waals surface area contributed by atoms with Crippen molar-refractivity contribution in [2.45, 2.75) is 45.1 Å². The van der Waals surface area contributed by atoms with E-state index in [1.165, 1.54) is 68.3 Å². The molecule has 5 heteroatoms. The average Bonchev–Trinajstić information content (AvgIpc) is 3.06. The molecule has 134 valence electrons. The summed E-state index contributed by atoms with van der Waals surface area (Å²) in [6.45, 7) is 5.42. The number of hydrogen-bond acceptors (Lipinski definition) is 2. The van der Waals surface area contributed by atoms with E-state index in [-0.39, 0.29) is 24.0 Å². The lowest BCUT2D eigenvalue weighted by Crippen LogP contribution is -2.42. The molecule has 4 nitrogen and oxygen atoms in total. The molecule has 0 atom stereocenters. The topological polar surface area (TPSA) is 39.7 Å². The normalized spacial score (nSPS) is 18.0. The van der Waals surface area contributed by atoms with E-state index in [1.54, 1.807) is 0 Å². The van der Waals surface area contributed by atoms with E-state index >= 15 is 0 Å². The third kappa shape index (κ3) is 5.62. The Bertz CT molecular complexity index is 538. The predicted octanol–water partition coefficient (Wildman–Crippen LogP) is 2.94. The molecule has 1 aromatic carbocycles. The standard InChI is InChI=1S/C19H30N4.HI/c1-20-19(21-10-13-23-11-3-2-4-12-23)22-15-16-8-9-17-6-5-7-18(17)14-16;/h8-9,14H,2-7,10-13,15H2,1H3,(H2,20,21,22);1H. The molecule has 0 unspecified atom stereocenters. The van der Waals surface area contributed by atoms with Crippen molar-refractivity contribution in [2.75, 3.05) is 33.2 Å². The van der Waals surface area contributed by atoms with Crippen LogP contribution in [0.25, 0.3) is 0 Å². The van der Waals surface area contributed by atoms with E-state index in [4.69, 9.17) is 0 Å². The number of rotatable bonds is 5. The van der Waals surface area contributed by atoms with Crippen molar-refractivity contribution in [1.82, 2.24) is 15.5 Å². The number of halogens is 1. The largest absolute Gasteiger partial charge is 0.355 e. The van der Waals surface area contributed by atoms with Crippen LogP contribution in [-0.4, -0.2) is 44.1 Å². The summed E-state index contributed by atoms with van der Waals surface area (Å²) in [5.74, 6) is 0.905. The Labute approximate surface area is 163 Å². The van der Waals surface area contributed by atoms with Crippen molar-refractivity contribution in [3.63, 3.8) is 0 Å². The van der Waals surface area contributed by atoms with Crippen LogP contribution in [0.5, 0.6) is 0 Å². The maximum atomic E-state index is 4.33. The van der Waals surface area contributed by atoms with Gasteiger partial charge in [0.1, 0.15) is 0 Å². The van der Waals surface area contributed by atoms with Crippen LogP contribution < -0.4 is 10.6 Å². The maximum Gasteiger partial charge on any atom is 0.191 e. The molecule has 2 N–H and O–H groups in total. The summed E-state index contributed by atoms with van der Waals surface area (Å²) in [7, 11) is 1.85. The molecule has 3 rings (SSSR count). The smallest absolute Gasteiger partial charge is 0.191 e. The summed E-state index contributed by atoms with van der Waals surface area (Å²) < 4.78 is 0. The molecular weight excluding hydrogens is 411 g/mol. The number of nitrogens with one attached hydrogen (secondary N) is 2. The molecule has 1 fully saturated rings. The molecule has 1 heterocycles. The van der Waals surface area contributed by atoms with E-state index in [1.807, 2.05) is 7.05 Å². The lowest BCUT2D eigenvalue weighted by atomic mass is 10.1. The van der Waals surface area contributed by atoms with E-state index in [0.717, 1.165) is 25.6 Å². The molecule has 0 amide bonds. The van der Waals surface area contributed by atoms with Gasteiger partial charge in [-0.2, -0.15) is 0 Å². The van der Waals surface area contributed by atoms with Gasteiger partial charge >= 0.3 is 0 Å². The second-order valence-corrected chi connectivity index (χ2v) is 6.71. The van der Waals surface area contributed by atoms with Crippen molar-refractivity contribution in [2.24, 2.45) is 4.99 Å². The van der Waals surface area contributed by atoms with Crippen molar-refractivity contribution >= 4 is 29.9 Å². The van der Waals surface area contributed by atoms with Crippen LogP contribution in [0.15, 0.2) is 23.2 Å². The number of nitrogens with zero attached hydrogens (tertiary/aromatic N) is 2. The van der Waals surface area contributed by atoms with Gasteiger partial charge in [-0.1, -0.05) is 24.6 Å². The molecule has 2 aliphatic rings. The Morgan fingerprint density at radius 2 is 1.83 bits per heavy atom. The highest BCUT2D eigenvalue weighted by Gasteiger charge is 2.11. The number of fused-ring (bicyclic) bond motifs is 1. The van der Waals surface area contributed by atoms with Crippen LogP contribution in [-0.2, 0) is 19.4 Å². The minimum Gasteiger partial charge on any atom is -0.355 e. The van der Waals surface area contributed by atoms with Gasteiger partial charge in [0.25, 0.3) is 0 Å². The summed E-state index contributed by atoms with van der Waals surface area (Å²) >= 11 is 0. The van der Waals surface area contributed by atoms with Crippen LogP contribution in [0, 0.1) is 0 Å². The second kappa shape index (κ2) is 10.2. The van der Waals surface area contributed by atoms with Gasteiger partial charge in [-0.25, -0.2) is 0 Å². The second-order valence-electron chi connectivity index (χ2n) is 6.71. The zero-order valence-electron chi connectivity index (χ0n) is 14.8. The Morgan fingerprint density at radius 3 is 2.62 bits per heavy atom. The van der Waals surface area contributed by atoms with Gasteiger partial charge < -0.3 is 15.5 Å². The summed E-state index contributed by atoms with van der Waals surface area (Å²) in [4.78, 5) is 6.88. The van der Waals surface area contributed by atoms with Gasteiger partial charge in [-0.3, -0.25) is 4.99 Å². The van der Waals surface area contributed by atoms with E-state index in [2.05, 4.69) is 38.7 Å². The molecule has 24 heavy (non-hydrogen) atoms. The first-order valence-corrected chi connectivity index (χ1v) is 9.13. The highest BCUT2D eigenvalue weighted by molar-refractivity contribution is 14.0. The highest BCUT2D eigenvalue weighted by Crippen LogP contribution is 2.22. The number of aryl methyl sites for hydroxylation is 2. The lowest BCUT2D eigenvalue weighted by molar-refractivity contribution is 0.232.